The van der Waals surface area contributed by atoms with Crippen LogP contribution < -0.4 is 5.56 Å². The second-order valence-corrected chi connectivity index (χ2v) is 5.26. The van der Waals surface area contributed by atoms with Gasteiger partial charge in [-0.05, 0) is 5.92 Å². The first-order valence-corrected chi connectivity index (χ1v) is 6.45. The van der Waals surface area contributed by atoms with Crippen LogP contribution in [0.5, 0.6) is 0 Å². The van der Waals surface area contributed by atoms with E-state index >= 15 is 0 Å². The van der Waals surface area contributed by atoms with Crippen molar-refractivity contribution in [2.75, 3.05) is 0 Å². The molecule has 2 rings (SSSR count). The quantitative estimate of drug-likeness (QED) is 0.865. The summed E-state index contributed by atoms with van der Waals surface area (Å²) in [4.78, 5) is 16.0. The molecule has 0 fully saturated rings. The zero-order valence-electron chi connectivity index (χ0n) is 10.4. The van der Waals surface area contributed by atoms with Crippen molar-refractivity contribution in [1.82, 2.24) is 19.9 Å². The highest BCUT2D eigenvalue weighted by Gasteiger charge is 2.12. The molecule has 0 saturated heterocycles. The van der Waals surface area contributed by atoms with Gasteiger partial charge in [-0.25, -0.2) is 4.68 Å². The van der Waals surface area contributed by atoms with E-state index in [1.807, 2.05) is 0 Å². The van der Waals surface area contributed by atoms with Gasteiger partial charge in [-0.15, -0.1) is 0 Å². The maximum Gasteiger partial charge on any atom is 0.287 e. The summed E-state index contributed by atoms with van der Waals surface area (Å²) in [7, 11) is 0. The third kappa shape index (κ3) is 3.33. The van der Waals surface area contributed by atoms with Crippen LogP contribution in [0.2, 0.25) is 10.0 Å². The largest absolute Gasteiger partial charge is 0.337 e. The van der Waals surface area contributed by atoms with Gasteiger partial charge in [0.2, 0.25) is 5.89 Å². The van der Waals surface area contributed by atoms with Crippen LogP contribution in [0.4, 0.5) is 0 Å². The predicted octanol–water partition coefficient (Wildman–Crippen LogP) is 2.18. The summed E-state index contributed by atoms with van der Waals surface area (Å²) in [5.41, 5.74) is -0.488. The Hall–Kier alpha value is -1.40. The van der Waals surface area contributed by atoms with Crippen LogP contribution in [-0.2, 0) is 13.0 Å². The van der Waals surface area contributed by atoms with Crippen LogP contribution >= 0.6 is 23.2 Å². The highest BCUT2D eigenvalue weighted by atomic mass is 35.5. The van der Waals surface area contributed by atoms with E-state index < -0.39 is 5.56 Å². The summed E-state index contributed by atoms with van der Waals surface area (Å²) in [6.07, 6.45) is 2.02. The van der Waals surface area contributed by atoms with E-state index in [0.29, 0.717) is 24.1 Å². The maximum atomic E-state index is 11.8. The Morgan fingerprint density at radius 3 is 2.84 bits per heavy atom. The average Bonchev–Trinajstić information content (AvgIpc) is 2.76. The van der Waals surface area contributed by atoms with E-state index in [2.05, 4.69) is 29.1 Å². The van der Waals surface area contributed by atoms with E-state index in [9.17, 15) is 4.79 Å². The van der Waals surface area contributed by atoms with Crippen molar-refractivity contribution in [3.8, 4) is 0 Å². The third-order valence-electron chi connectivity index (χ3n) is 2.33. The van der Waals surface area contributed by atoms with E-state index in [1.165, 1.54) is 6.20 Å². The summed E-state index contributed by atoms with van der Waals surface area (Å²) < 4.78 is 6.18. The molecule has 0 unspecified atom stereocenters. The first-order chi connectivity index (χ1) is 8.97. The Kier molecular flexibility index (Phi) is 4.21. The maximum absolute atomic E-state index is 11.8. The van der Waals surface area contributed by atoms with Gasteiger partial charge >= 0.3 is 0 Å². The fourth-order valence-electron chi connectivity index (χ4n) is 1.49. The van der Waals surface area contributed by atoms with Crippen LogP contribution in [0.1, 0.15) is 25.6 Å². The number of nitrogens with zero attached hydrogens (tertiary/aromatic N) is 4. The highest BCUT2D eigenvalue weighted by Crippen LogP contribution is 2.14. The molecule has 2 heterocycles. The van der Waals surface area contributed by atoms with Crippen LogP contribution in [0, 0.1) is 5.92 Å². The zero-order valence-corrected chi connectivity index (χ0v) is 11.9. The first kappa shape index (κ1) is 14.0. The van der Waals surface area contributed by atoms with Gasteiger partial charge in [-0.1, -0.05) is 42.2 Å². The molecule has 0 amide bonds. The second kappa shape index (κ2) is 5.71. The minimum Gasteiger partial charge on any atom is -0.337 e. The van der Waals surface area contributed by atoms with Gasteiger partial charge in [0.25, 0.3) is 5.56 Å². The molecule has 0 radical (unpaired) electrons. The van der Waals surface area contributed by atoms with Crippen molar-refractivity contribution in [3.63, 3.8) is 0 Å². The van der Waals surface area contributed by atoms with Gasteiger partial charge in [-0.3, -0.25) is 4.79 Å². The molecule has 0 aromatic carbocycles. The van der Waals surface area contributed by atoms with E-state index in [-0.39, 0.29) is 16.6 Å². The van der Waals surface area contributed by atoms with Crippen molar-refractivity contribution in [1.29, 1.82) is 0 Å². The summed E-state index contributed by atoms with van der Waals surface area (Å²) in [6.45, 7) is 4.18. The molecule has 6 nitrogen and oxygen atoms in total. The molecule has 0 saturated carbocycles. The lowest BCUT2D eigenvalue weighted by atomic mass is 10.1. The number of aromatic nitrogens is 4. The normalized spacial score (nSPS) is 11.2. The number of rotatable bonds is 4. The summed E-state index contributed by atoms with van der Waals surface area (Å²) in [5, 5.41) is 7.75. The van der Waals surface area contributed by atoms with E-state index in [1.54, 1.807) is 0 Å². The van der Waals surface area contributed by atoms with Crippen LogP contribution in [0.3, 0.4) is 0 Å². The molecule has 0 aliphatic heterocycles. The number of hydrogen-bond acceptors (Lipinski definition) is 5. The molecule has 0 N–H and O–H groups in total. The smallest absolute Gasteiger partial charge is 0.287 e. The lowest BCUT2D eigenvalue weighted by Crippen LogP contribution is -2.23. The molecule has 0 aliphatic rings. The Balaban J connectivity index is 2.20. The van der Waals surface area contributed by atoms with Gasteiger partial charge in [0, 0.05) is 6.42 Å². The zero-order chi connectivity index (χ0) is 14.0. The van der Waals surface area contributed by atoms with Gasteiger partial charge in [0.15, 0.2) is 5.82 Å². The molecule has 2 aromatic rings. The Labute approximate surface area is 119 Å². The Morgan fingerprint density at radius 1 is 1.42 bits per heavy atom. The Morgan fingerprint density at radius 2 is 2.16 bits per heavy atom. The van der Waals surface area contributed by atoms with Gasteiger partial charge in [0.05, 0.1) is 11.2 Å². The Bertz CT molecular complexity index is 636. The SMILES string of the molecule is CC(C)Cc1noc(Cn2ncc(Cl)c(Cl)c2=O)n1. The third-order valence-corrected chi connectivity index (χ3v) is 3.08. The summed E-state index contributed by atoms with van der Waals surface area (Å²) >= 11 is 11.4. The number of halogens is 2. The van der Waals surface area contributed by atoms with Crippen molar-refractivity contribution < 1.29 is 4.52 Å². The van der Waals surface area contributed by atoms with Crippen molar-refractivity contribution in [2.45, 2.75) is 26.8 Å². The van der Waals surface area contributed by atoms with Gasteiger partial charge in [0.1, 0.15) is 11.6 Å². The fraction of sp³-hybridized carbons (Fsp3) is 0.455. The van der Waals surface area contributed by atoms with Crippen LogP contribution in [-0.4, -0.2) is 19.9 Å². The van der Waals surface area contributed by atoms with Crippen molar-refractivity contribution in [2.24, 2.45) is 5.92 Å². The predicted molar refractivity (Wildman–Crippen MR) is 70.5 cm³/mol. The molecule has 0 aliphatic carbocycles. The van der Waals surface area contributed by atoms with Gasteiger partial charge < -0.3 is 4.52 Å². The molecular formula is C11H12Cl2N4O2. The van der Waals surface area contributed by atoms with Crippen LogP contribution in [0.15, 0.2) is 15.5 Å². The standard InChI is InChI=1S/C11H12Cl2N4O2/c1-6(2)3-8-15-9(19-16-8)5-17-11(18)10(13)7(12)4-14-17/h4,6H,3,5H2,1-2H3. The first-order valence-electron chi connectivity index (χ1n) is 5.70. The minimum atomic E-state index is -0.488. The summed E-state index contributed by atoms with van der Waals surface area (Å²) in [5.74, 6) is 1.35. The van der Waals surface area contributed by atoms with E-state index in [4.69, 9.17) is 27.7 Å². The molecule has 19 heavy (non-hydrogen) atoms. The minimum absolute atomic E-state index is 0.0703. The van der Waals surface area contributed by atoms with E-state index in [0.717, 1.165) is 4.68 Å². The summed E-state index contributed by atoms with van der Waals surface area (Å²) in [6, 6.07) is 0. The van der Waals surface area contributed by atoms with Crippen molar-refractivity contribution in [3.05, 3.63) is 38.3 Å². The van der Waals surface area contributed by atoms with Gasteiger partial charge in [-0.2, -0.15) is 10.1 Å². The van der Waals surface area contributed by atoms with Crippen LogP contribution in [0.25, 0.3) is 0 Å². The molecule has 102 valence electrons. The molecular weight excluding hydrogens is 291 g/mol. The molecule has 0 atom stereocenters. The topological polar surface area (TPSA) is 73.8 Å². The average molecular weight is 303 g/mol. The highest BCUT2D eigenvalue weighted by molar-refractivity contribution is 6.41. The fourth-order valence-corrected chi connectivity index (χ4v) is 1.76. The lowest BCUT2D eigenvalue weighted by molar-refractivity contribution is 0.357. The molecule has 0 spiro atoms. The molecule has 0 bridgehead atoms. The lowest BCUT2D eigenvalue weighted by Gasteiger charge is -2.01. The molecule has 8 heteroatoms. The second-order valence-electron chi connectivity index (χ2n) is 4.47. The molecule has 2 aromatic heterocycles. The number of hydrogen-bond donors (Lipinski definition) is 0. The van der Waals surface area contributed by atoms with Crippen molar-refractivity contribution >= 4 is 23.2 Å². The monoisotopic (exact) mass is 302 g/mol.